The summed E-state index contributed by atoms with van der Waals surface area (Å²) in [4.78, 5) is 38.2. The van der Waals surface area contributed by atoms with E-state index in [1.54, 1.807) is 29.3 Å². The summed E-state index contributed by atoms with van der Waals surface area (Å²) in [6.45, 7) is 8.53. The van der Waals surface area contributed by atoms with E-state index in [1.165, 1.54) is 28.3 Å². The van der Waals surface area contributed by atoms with E-state index in [0.29, 0.717) is 52.4 Å². The zero-order chi connectivity index (χ0) is 26.3. The normalized spacial score (nSPS) is 18.4. The highest BCUT2D eigenvalue weighted by Crippen LogP contribution is 2.35. The summed E-state index contributed by atoms with van der Waals surface area (Å²) in [5.41, 5.74) is 2.60. The first kappa shape index (κ1) is 25.4. The number of aryl methyl sites for hydroxylation is 1. The molecule has 1 unspecified atom stereocenters. The van der Waals surface area contributed by atoms with E-state index >= 15 is 0 Å². The molecule has 4 heterocycles. The van der Waals surface area contributed by atoms with Crippen LogP contribution in [0.5, 0.6) is 0 Å². The van der Waals surface area contributed by atoms with E-state index in [1.807, 2.05) is 32.9 Å². The smallest absolute Gasteiger partial charge is 0.267 e. The van der Waals surface area contributed by atoms with E-state index < -0.39 is 0 Å². The van der Waals surface area contributed by atoms with Gasteiger partial charge >= 0.3 is 0 Å². The molecule has 2 fully saturated rings. The lowest BCUT2D eigenvalue weighted by molar-refractivity contribution is -0.123. The largest absolute Gasteiger partial charge is 0.368 e. The number of aromatic nitrogens is 2. The van der Waals surface area contributed by atoms with Crippen LogP contribution in [0.4, 0.5) is 15.9 Å². The molecule has 1 atom stereocenters. The molecule has 37 heavy (non-hydrogen) atoms. The highest BCUT2D eigenvalue weighted by Gasteiger charge is 2.35. The molecular formula is C27H28FN5O2S2. The van der Waals surface area contributed by atoms with E-state index in [0.717, 1.165) is 17.7 Å². The van der Waals surface area contributed by atoms with Crippen LogP contribution in [-0.2, 0) is 4.79 Å². The van der Waals surface area contributed by atoms with Gasteiger partial charge in [-0.05, 0) is 62.2 Å². The van der Waals surface area contributed by atoms with Crippen molar-refractivity contribution in [2.75, 3.05) is 36.0 Å². The van der Waals surface area contributed by atoms with Crippen LogP contribution >= 0.6 is 24.0 Å². The second-order valence-corrected chi connectivity index (χ2v) is 11.0. The number of thioether (sulfide) groups is 1. The quantitative estimate of drug-likeness (QED) is 0.352. The number of thiocarbonyl (C=S) groups is 1. The van der Waals surface area contributed by atoms with Crippen LogP contribution in [0.15, 0.2) is 52.3 Å². The number of pyridine rings is 1. The number of hydrogen-bond acceptors (Lipinski definition) is 7. The number of benzene rings is 1. The van der Waals surface area contributed by atoms with Gasteiger partial charge in [0.05, 0.1) is 10.5 Å². The predicted octanol–water partition coefficient (Wildman–Crippen LogP) is 4.47. The monoisotopic (exact) mass is 537 g/mol. The summed E-state index contributed by atoms with van der Waals surface area (Å²) >= 11 is 6.72. The van der Waals surface area contributed by atoms with Gasteiger partial charge < -0.3 is 9.80 Å². The Morgan fingerprint density at radius 3 is 2.43 bits per heavy atom. The molecule has 2 saturated heterocycles. The third-order valence-corrected chi connectivity index (χ3v) is 8.22. The molecule has 0 saturated carbocycles. The van der Waals surface area contributed by atoms with Crippen molar-refractivity contribution in [3.63, 3.8) is 0 Å². The Morgan fingerprint density at radius 2 is 1.76 bits per heavy atom. The van der Waals surface area contributed by atoms with Crippen molar-refractivity contribution >= 4 is 57.4 Å². The maximum atomic E-state index is 13.7. The number of anilines is 2. The zero-order valence-electron chi connectivity index (χ0n) is 21.0. The van der Waals surface area contributed by atoms with Crippen LogP contribution in [0, 0.1) is 12.7 Å². The number of halogens is 1. The lowest BCUT2D eigenvalue weighted by Crippen LogP contribution is -2.47. The molecule has 0 bridgehead atoms. The van der Waals surface area contributed by atoms with Gasteiger partial charge in [-0.1, -0.05) is 37.0 Å². The standard InChI is InChI=1S/C27H28FN5O2S2/c1-4-18(3)33-26(35)22(37-27(33)36)15-21-24(29-23-10-5-17(2)16-32(23)25(21)34)31-13-11-30(12-14-31)20-8-6-19(28)7-9-20/h5-10,15-16,18H,4,11-14H2,1-3H3/b22-15-. The van der Waals surface area contributed by atoms with Crippen molar-refractivity contribution in [2.45, 2.75) is 33.2 Å². The number of carbonyl (C=O) groups excluding carboxylic acids is 1. The number of carbonyl (C=O) groups is 1. The summed E-state index contributed by atoms with van der Waals surface area (Å²) in [5, 5.41) is 0. The molecule has 2 aliphatic heterocycles. The zero-order valence-corrected chi connectivity index (χ0v) is 22.6. The Morgan fingerprint density at radius 1 is 1.08 bits per heavy atom. The Balaban J connectivity index is 1.53. The summed E-state index contributed by atoms with van der Waals surface area (Å²) in [6, 6.07) is 10.2. The average Bonchev–Trinajstić information content (AvgIpc) is 3.18. The fraction of sp³-hybridized carbons (Fsp3) is 0.333. The Kier molecular flexibility index (Phi) is 7.04. The number of piperazine rings is 1. The first-order chi connectivity index (χ1) is 17.8. The van der Waals surface area contributed by atoms with Crippen LogP contribution < -0.4 is 15.4 Å². The number of amides is 1. The number of rotatable bonds is 5. The Bertz CT molecular complexity index is 1460. The second kappa shape index (κ2) is 10.3. The van der Waals surface area contributed by atoms with Gasteiger partial charge in [-0.25, -0.2) is 9.37 Å². The minimum Gasteiger partial charge on any atom is -0.368 e. The summed E-state index contributed by atoms with van der Waals surface area (Å²) in [7, 11) is 0. The van der Waals surface area contributed by atoms with Crippen molar-refractivity contribution in [3.8, 4) is 0 Å². The van der Waals surface area contributed by atoms with Crippen LogP contribution in [0.3, 0.4) is 0 Å². The minimum atomic E-state index is -0.262. The van der Waals surface area contributed by atoms with Crippen molar-refractivity contribution in [1.82, 2.24) is 14.3 Å². The summed E-state index contributed by atoms with van der Waals surface area (Å²) in [5.74, 6) is 0.119. The van der Waals surface area contributed by atoms with Gasteiger partial charge in [0.15, 0.2) is 0 Å². The fourth-order valence-electron chi connectivity index (χ4n) is 4.62. The molecule has 2 aliphatic rings. The van der Waals surface area contributed by atoms with Crippen LogP contribution in [0.25, 0.3) is 11.7 Å². The number of fused-ring (bicyclic) bond motifs is 1. The van der Waals surface area contributed by atoms with E-state index in [-0.39, 0.29) is 23.3 Å². The van der Waals surface area contributed by atoms with Crippen molar-refractivity contribution in [3.05, 3.63) is 74.8 Å². The first-order valence-electron chi connectivity index (χ1n) is 12.3. The molecule has 3 aromatic rings. The molecule has 2 aromatic heterocycles. The Hall–Kier alpha value is -3.24. The third-order valence-electron chi connectivity index (χ3n) is 6.89. The summed E-state index contributed by atoms with van der Waals surface area (Å²) < 4.78 is 15.4. The van der Waals surface area contributed by atoms with Crippen LogP contribution in [0.1, 0.15) is 31.4 Å². The molecular weight excluding hydrogens is 509 g/mol. The third kappa shape index (κ3) is 4.87. The van der Waals surface area contributed by atoms with Gasteiger partial charge in [0, 0.05) is 44.1 Å². The van der Waals surface area contributed by atoms with Crippen LogP contribution in [0.2, 0.25) is 0 Å². The molecule has 0 aliphatic carbocycles. The highest BCUT2D eigenvalue weighted by atomic mass is 32.2. The van der Waals surface area contributed by atoms with Crippen molar-refractivity contribution < 1.29 is 9.18 Å². The lowest BCUT2D eigenvalue weighted by atomic mass is 10.2. The molecule has 1 amide bonds. The molecule has 5 rings (SSSR count). The van der Waals surface area contributed by atoms with E-state index in [4.69, 9.17) is 17.2 Å². The van der Waals surface area contributed by atoms with Crippen LogP contribution in [-0.4, -0.2) is 56.7 Å². The van der Waals surface area contributed by atoms with Gasteiger partial charge in [-0.3, -0.25) is 18.9 Å². The molecule has 0 N–H and O–H groups in total. The maximum absolute atomic E-state index is 13.7. The highest BCUT2D eigenvalue weighted by molar-refractivity contribution is 8.26. The topological polar surface area (TPSA) is 61.2 Å². The Labute approximate surface area is 224 Å². The average molecular weight is 538 g/mol. The van der Waals surface area contributed by atoms with Gasteiger partial charge in [-0.15, -0.1) is 0 Å². The molecule has 192 valence electrons. The predicted molar refractivity (Wildman–Crippen MR) is 152 cm³/mol. The van der Waals surface area contributed by atoms with Crippen molar-refractivity contribution in [2.24, 2.45) is 0 Å². The molecule has 0 radical (unpaired) electrons. The van der Waals surface area contributed by atoms with E-state index in [2.05, 4.69) is 9.80 Å². The van der Waals surface area contributed by atoms with E-state index in [9.17, 15) is 14.0 Å². The minimum absolute atomic E-state index is 0.0177. The van der Waals surface area contributed by atoms with Gasteiger partial charge in [0.1, 0.15) is 21.6 Å². The summed E-state index contributed by atoms with van der Waals surface area (Å²) in [6.07, 6.45) is 4.21. The van der Waals surface area contributed by atoms with Gasteiger partial charge in [0.2, 0.25) is 0 Å². The second-order valence-electron chi connectivity index (χ2n) is 9.35. The number of nitrogens with zero attached hydrogens (tertiary/aromatic N) is 5. The molecule has 7 nitrogen and oxygen atoms in total. The lowest BCUT2D eigenvalue weighted by Gasteiger charge is -2.37. The van der Waals surface area contributed by atoms with Gasteiger partial charge in [0.25, 0.3) is 11.5 Å². The van der Waals surface area contributed by atoms with Crippen molar-refractivity contribution in [1.29, 1.82) is 0 Å². The number of hydrogen-bond donors (Lipinski definition) is 0. The molecule has 1 aromatic carbocycles. The first-order valence-corrected chi connectivity index (χ1v) is 13.5. The maximum Gasteiger partial charge on any atom is 0.267 e. The fourth-order valence-corrected chi connectivity index (χ4v) is 6.06. The SMILES string of the molecule is CCC(C)N1C(=O)/C(=C/c2c(N3CCN(c4ccc(F)cc4)CC3)nc3ccc(C)cn3c2=O)SC1=S. The molecule has 10 heteroatoms. The molecule has 0 spiro atoms. The van der Waals surface area contributed by atoms with Gasteiger partial charge in [-0.2, -0.15) is 0 Å².